The minimum Gasteiger partial charge on any atom is -0.376 e. The largest absolute Gasteiger partial charge is 0.376 e. The third kappa shape index (κ3) is 5.61. The van der Waals surface area contributed by atoms with E-state index in [0.717, 1.165) is 36.3 Å². The van der Waals surface area contributed by atoms with Gasteiger partial charge in [0, 0.05) is 30.5 Å². The van der Waals surface area contributed by atoms with Gasteiger partial charge in [-0.25, -0.2) is 0 Å². The second kappa shape index (κ2) is 9.80. The van der Waals surface area contributed by atoms with Crippen LogP contribution < -0.4 is 10.7 Å². The Balaban J connectivity index is 1.63. The minimum absolute atomic E-state index is 0.219. The van der Waals surface area contributed by atoms with E-state index in [1.807, 2.05) is 36.5 Å². The summed E-state index contributed by atoms with van der Waals surface area (Å²) in [6.07, 6.45) is 6.36. The van der Waals surface area contributed by atoms with Crippen LogP contribution >= 0.6 is 12.2 Å². The van der Waals surface area contributed by atoms with E-state index in [4.69, 9.17) is 22.2 Å². The van der Waals surface area contributed by atoms with Gasteiger partial charge in [-0.3, -0.25) is 10.1 Å². The highest BCUT2D eigenvalue weighted by Crippen LogP contribution is 2.20. The van der Waals surface area contributed by atoms with Gasteiger partial charge in [-0.2, -0.15) is 15.5 Å². The zero-order valence-electron chi connectivity index (χ0n) is 15.0. The molecule has 0 radical (unpaired) electrons. The lowest BCUT2D eigenvalue weighted by Gasteiger charge is -2.11. The van der Waals surface area contributed by atoms with Crippen LogP contribution in [0.3, 0.4) is 0 Å². The third-order valence-electron chi connectivity index (χ3n) is 4.17. The highest BCUT2D eigenvalue weighted by atomic mass is 32.1. The molecule has 27 heavy (non-hydrogen) atoms. The lowest BCUT2D eigenvalue weighted by atomic mass is 10.1. The molecule has 0 bridgehead atoms. The molecule has 2 aromatic rings. The zero-order chi connectivity index (χ0) is 18.9. The first-order valence-corrected chi connectivity index (χ1v) is 9.35. The van der Waals surface area contributed by atoms with Crippen LogP contribution in [0.15, 0.2) is 41.6 Å². The van der Waals surface area contributed by atoms with Crippen LogP contribution in [0.5, 0.6) is 0 Å². The Morgan fingerprint density at radius 2 is 2.30 bits per heavy atom. The lowest BCUT2D eigenvalue weighted by Crippen LogP contribution is -2.37. The van der Waals surface area contributed by atoms with Crippen molar-refractivity contribution < 1.29 is 4.74 Å². The van der Waals surface area contributed by atoms with E-state index in [1.54, 1.807) is 10.9 Å². The SMILES string of the molecule is N#CCCn1cc(/C=N\NC(=S)NC[C@H]2CCCO2)c(-c2ccccc2)n1. The van der Waals surface area contributed by atoms with Crippen LogP contribution in [0.2, 0.25) is 0 Å². The van der Waals surface area contributed by atoms with Crippen molar-refractivity contribution >= 4 is 23.5 Å². The zero-order valence-corrected chi connectivity index (χ0v) is 15.8. The fourth-order valence-corrected chi connectivity index (χ4v) is 2.98. The Morgan fingerprint density at radius 3 is 3.04 bits per heavy atom. The van der Waals surface area contributed by atoms with Gasteiger partial charge in [0.2, 0.25) is 0 Å². The lowest BCUT2D eigenvalue weighted by molar-refractivity contribution is 0.114. The standard InChI is InChI=1S/C19H22N6OS/c20-9-5-10-25-14-16(18(24-25)15-6-2-1-3-7-15)12-22-23-19(27)21-13-17-8-4-11-26-17/h1-3,6-7,12,14,17H,4-5,8,10-11,13H2,(H2,21,23,27)/b22-12-/t17-/m1/s1. The Morgan fingerprint density at radius 1 is 1.44 bits per heavy atom. The van der Waals surface area contributed by atoms with E-state index in [2.05, 4.69) is 27.0 Å². The average Bonchev–Trinajstić information content (AvgIpc) is 3.35. The van der Waals surface area contributed by atoms with E-state index in [-0.39, 0.29) is 6.10 Å². The van der Waals surface area contributed by atoms with Gasteiger partial charge in [0.05, 0.1) is 31.4 Å². The number of hydrogen-bond donors (Lipinski definition) is 2. The maximum absolute atomic E-state index is 8.79. The number of nitrogens with zero attached hydrogens (tertiary/aromatic N) is 4. The Kier molecular flexibility index (Phi) is 6.90. The Hall–Kier alpha value is -2.76. The molecule has 1 saturated heterocycles. The molecule has 1 aromatic carbocycles. The first kappa shape index (κ1) is 19.0. The summed E-state index contributed by atoms with van der Waals surface area (Å²) < 4.78 is 7.32. The van der Waals surface area contributed by atoms with Gasteiger partial charge in [0.15, 0.2) is 5.11 Å². The summed E-state index contributed by atoms with van der Waals surface area (Å²) >= 11 is 5.24. The summed E-state index contributed by atoms with van der Waals surface area (Å²) in [5, 5.41) is 21.2. The van der Waals surface area contributed by atoms with Gasteiger partial charge in [-0.1, -0.05) is 30.3 Å². The number of hydrogen-bond acceptors (Lipinski definition) is 5. The van der Waals surface area contributed by atoms with Crippen molar-refractivity contribution in [3.8, 4) is 17.3 Å². The number of rotatable bonds is 7. The molecule has 0 aliphatic carbocycles. The van der Waals surface area contributed by atoms with E-state index in [1.165, 1.54) is 0 Å². The van der Waals surface area contributed by atoms with Gasteiger partial charge in [-0.05, 0) is 25.1 Å². The number of benzene rings is 1. The minimum atomic E-state index is 0.219. The summed E-state index contributed by atoms with van der Waals surface area (Å²) in [6.45, 7) is 2.05. The van der Waals surface area contributed by atoms with Crippen molar-refractivity contribution in [2.45, 2.75) is 31.9 Å². The fraction of sp³-hybridized carbons (Fsp3) is 0.368. The topological polar surface area (TPSA) is 87.3 Å². The molecular weight excluding hydrogens is 360 g/mol. The summed E-state index contributed by atoms with van der Waals surface area (Å²) in [5.41, 5.74) is 5.50. The van der Waals surface area contributed by atoms with Crippen molar-refractivity contribution in [3.63, 3.8) is 0 Å². The van der Waals surface area contributed by atoms with Crippen LogP contribution in [-0.2, 0) is 11.3 Å². The number of nitrogens with one attached hydrogen (secondary N) is 2. The smallest absolute Gasteiger partial charge is 0.187 e. The van der Waals surface area contributed by atoms with Gasteiger partial charge in [0.1, 0.15) is 5.69 Å². The third-order valence-corrected chi connectivity index (χ3v) is 4.41. The number of thiocarbonyl (C=S) groups is 1. The number of aromatic nitrogens is 2. The molecule has 0 unspecified atom stereocenters. The highest BCUT2D eigenvalue weighted by molar-refractivity contribution is 7.80. The van der Waals surface area contributed by atoms with Crippen LogP contribution in [0.1, 0.15) is 24.8 Å². The molecule has 1 aliphatic heterocycles. The maximum atomic E-state index is 8.79. The first-order chi connectivity index (χ1) is 13.3. The number of hydrazone groups is 1. The summed E-state index contributed by atoms with van der Waals surface area (Å²) in [7, 11) is 0. The predicted molar refractivity (Wildman–Crippen MR) is 108 cm³/mol. The van der Waals surface area contributed by atoms with Crippen LogP contribution in [0.25, 0.3) is 11.3 Å². The highest BCUT2D eigenvalue weighted by Gasteiger charge is 2.15. The van der Waals surface area contributed by atoms with Crippen LogP contribution in [-0.4, -0.2) is 40.4 Å². The van der Waals surface area contributed by atoms with Gasteiger partial charge in [0.25, 0.3) is 0 Å². The molecule has 1 fully saturated rings. The molecule has 2 N–H and O–H groups in total. The summed E-state index contributed by atoms with van der Waals surface area (Å²) in [4.78, 5) is 0. The van der Waals surface area contributed by atoms with E-state index < -0.39 is 0 Å². The average molecular weight is 382 g/mol. The molecule has 0 spiro atoms. The van der Waals surface area contributed by atoms with Gasteiger partial charge < -0.3 is 10.1 Å². The van der Waals surface area contributed by atoms with E-state index >= 15 is 0 Å². The van der Waals surface area contributed by atoms with Crippen molar-refractivity contribution in [2.24, 2.45) is 5.10 Å². The molecule has 1 atom stereocenters. The maximum Gasteiger partial charge on any atom is 0.187 e. The molecule has 7 nitrogen and oxygen atoms in total. The molecule has 8 heteroatoms. The molecule has 0 amide bonds. The Bertz CT molecular complexity index is 820. The van der Waals surface area contributed by atoms with Crippen molar-refractivity contribution in [1.82, 2.24) is 20.5 Å². The van der Waals surface area contributed by atoms with E-state index in [9.17, 15) is 0 Å². The Labute approximate surface area is 164 Å². The second-order valence-electron chi connectivity index (χ2n) is 6.19. The van der Waals surface area contributed by atoms with E-state index in [0.29, 0.717) is 24.6 Å². The van der Waals surface area contributed by atoms with Gasteiger partial charge >= 0.3 is 0 Å². The molecule has 2 heterocycles. The molecule has 1 aromatic heterocycles. The van der Waals surface area contributed by atoms with Crippen LogP contribution in [0.4, 0.5) is 0 Å². The first-order valence-electron chi connectivity index (χ1n) is 8.94. The normalized spacial score (nSPS) is 16.3. The quantitative estimate of drug-likeness (QED) is 0.434. The van der Waals surface area contributed by atoms with Gasteiger partial charge in [-0.15, -0.1) is 0 Å². The monoisotopic (exact) mass is 382 g/mol. The fourth-order valence-electron chi connectivity index (χ4n) is 2.84. The molecule has 1 aliphatic rings. The number of ether oxygens (including phenoxy) is 1. The van der Waals surface area contributed by atoms with Crippen molar-refractivity contribution in [3.05, 3.63) is 42.1 Å². The number of nitriles is 1. The molecule has 0 saturated carbocycles. The molecule has 3 rings (SSSR count). The molecular formula is C19H22N6OS. The summed E-state index contributed by atoms with van der Waals surface area (Å²) in [5.74, 6) is 0. The predicted octanol–water partition coefficient (Wildman–Crippen LogP) is 2.44. The summed E-state index contributed by atoms with van der Waals surface area (Å²) in [6, 6.07) is 12.0. The van der Waals surface area contributed by atoms with Crippen LogP contribution in [0, 0.1) is 11.3 Å². The second-order valence-corrected chi connectivity index (χ2v) is 6.59. The van der Waals surface area contributed by atoms with Crippen molar-refractivity contribution in [1.29, 1.82) is 5.26 Å². The van der Waals surface area contributed by atoms with Crippen molar-refractivity contribution in [2.75, 3.05) is 13.2 Å². The number of aryl methyl sites for hydroxylation is 1. The molecule has 140 valence electrons.